The number of carbonyl (C=O) groups excluding carboxylic acids is 2. The van der Waals surface area contributed by atoms with Gasteiger partial charge < -0.3 is 19.3 Å². The van der Waals surface area contributed by atoms with Crippen LogP contribution in [0.4, 0.5) is 0 Å². The van der Waals surface area contributed by atoms with Crippen LogP contribution < -0.4 is 0 Å². The van der Waals surface area contributed by atoms with Gasteiger partial charge in [-0.3, -0.25) is 14.1 Å². The maximum absolute atomic E-state index is 12.4. The van der Waals surface area contributed by atoms with Crippen LogP contribution in [0.5, 0.6) is 0 Å². The molecule has 0 aromatic heterocycles. The summed E-state index contributed by atoms with van der Waals surface area (Å²) in [5.41, 5.74) is 0. The number of unbranched alkanes of at least 4 members (excludes halogenated alkanes) is 20. The molecule has 0 aliphatic heterocycles. The summed E-state index contributed by atoms with van der Waals surface area (Å²) < 4.78 is 26.3. The summed E-state index contributed by atoms with van der Waals surface area (Å²) in [6.45, 7) is 3.54. The summed E-state index contributed by atoms with van der Waals surface area (Å²) in [4.78, 5) is 42.8. The van der Waals surface area contributed by atoms with E-state index in [1.807, 2.05) is 0 Å². The van der Waals surface area contributed by atoms with Crippen LogP contribution in [0.25, 0.3) is 0 Å². The highest BCUT2D eigenvalue weighted by Gasteiger charge is 2.22. The predicted octanol–water partition coefficient (Wildman–Crippen LogP) is 12.7. The second-order valence-corrected chi connectivity index (χ2v) is 15.2. The lowest BCUT2D eigenvalue weighted by atomic mass is 10.1. The lowest BCUT2D eigenvalue weighted by Crippen LogP contribution is -2.29. The van der Waals surface area contributed by atoms with Crippen LogP contribution >= 0.6 is 7.82 Å². The molecular weight excluding hydrogens is 675 g/mol. The van der Waals surface area contributed by atoms with E-state index in [4.69, 9.17) is 19.3 Å². The zero-order valence-corrected chi connectivity index (χ0v) is 34.1. The van der Waals surface area contributed by atoms with Gasteiger partial charge in [0.1, 0.15) is 6.61 Å². The average molecular weight is 753 g/mol. The molecule has 0 aromatic carbocycles. The molecule has 0 amide bonds. The Kier molecular flexibility index (Phi) is 37.2. The van der Waals surface area contributed by atoms with E-state index in [9.17, 15) is 14.2 Å². The highest BCUT2D eigenvalue weighted by atomic mass is 31.2. The van der Waals surface area contributed by atoms with Gasteiger partial charge in [-0.15, -0.1) is 0 Å². The summed E-state index contributed by atoms with van der Waals surface area (Å²) in [5, 5.41) is 0. The van der Waals surface area contributed by atoms with Crippen molar-refractivity contribution >= 4 is 19.8 Å². The highest BCUT2D eigenvalue weighted by Crippen LogP contribution is 2.36. The maximum Gasteiger partial charge on any atom is 0.469 e. The number of phosphoric acid groups is 1. The number of esters is 2. The van der Waals surface area contributed by atoms with Crippen LogP contribution in [-0.2, 0) is 28.2 Å². The second-order valence-electron chi connectivity index (χ2n) is 13.9. The first-order valence-corrected chi connectivity index (χ1v) is 22.5. The van der Waals surface area contributed by atoms with Crippen molar-refractivity contribution in [1.82, 2.24) is 0 Å². The molecule has 8 nitrogen and oxygen atoms in total. The molecule has 0 radical (unpaired) electrons. The van der Waals surface area contributed by atoms with E-state index in [-0.39, 0.29) is 19.4 Å². The van der Waals surface area contributed by atoms with Gasteiger partial charge in [0.15, 0.2) is 6.10 Å². The minimum absolute atomic E-state index is 0.175. The van der Waals surface area contributed by atoms with Crippen LogP contribution in [0, 0.1) is 0 Å². The van der Waals surface area contributed by atoms with E-state index in [1.54, 1.807) is 0 Å². The van der Waals surface area contributed by atoms with E-state index in [0.29, 0.717) is 6.42 Å². The Morgan fingerprint density at radius 2 is 0.923 bits per heavy atom. The number of hydrogen-bond donors (Lipinski definition) is 2. The third-order valence-corrected chi connectivity index (χ3v) is 9.32. The average Bonchev–Trinajstić information content (AvgIpc) is 3.11. The first-order valence-electron chi connectivity index (χ1n) is 20.9. The fourth-order valence-corrected chi connectivity index (χ4v) is 6.10. The van der Waals surface area contributed by atoms with Crippen molar-refractivity contribution in [2.24, 2.45) is 0 Å². The Morgan fingerprint density at radius 1 is 0.519 bits per heavy atom. The molecule has 2 N–H and O–H groups in total. The van der Waals surface area contributed by atoms with E-state index in [1.165, 1.54) is 96.3 Å². The van der Waals surface area contributed by atoms with Crippen LogP contribution in [0.3, 0.4) is 0 Å². The van der Waals surface area contributed by atoms with E-state index < -0.39 is 32.5 Å². The second kappa shape index (κ2) is 38.7. The van der Waals surface area contributed by atoms with Crippen molar-refractivity contribution < 1.29 is 37.9 Å². The molecule has 0 fully saturated rings. The monoisotopic (exact) mass is 753 g/mol. The number of hydrogen-bond acceptors (Lipinski definition) is 6. The fourth-order valence-electron chi connectivity index (χ4n) is 5.73. The lowest BCUT2D eigenvalue weighted by molar-refractivity contribution is -0.161. The highest BCUT2D eigenvalue weighted by molar-refractivity contribution is 7.46. The van der Waals surface area contributed by atoms with Crippen molar-refractivity contribution in [3.8, 4) is 0 Å². The number of ether oxygens (including phenoxy) is 2. The van der Waals surface area contributed by atoms with Crippen molar-refractivity contribution in [3.05, 3.63) is 48.6 Å². The molecule has 0 aromatic rings. The van der Waals surface area contributed by atoms with Crippen molar-refractivity contribution in [2.75, 3.05) is 13.2 Å². The van der Waals surface area contributed by atoms with Crippen molar-refractivity contribution in [2.45, 2.75) is 200 Å². The number of phosphoric ester groups is 1. The summed E-state index contributed by atoms with van der Waals surface area (Å²) in [5.74, 6) is -0.921. The standard InChI is InChI=1S/C43H77O8P/c1-3-5-7-9-11-13-15-17-18-19-20-21-22-23-24-26-27-29-31-33-35-37-42(44)49-39-41(40-50-52(46,47)48)51-43(45)38-36-34-32-30-28-25-16-14-12-10-8-6-4-2/h6,8,12,14,19-20,25,28,41H,3-5,7,9-11,13,15-18,21-24,26-27,29-40H2,1-2H3,(H2,46,47,48)/b8-6-,14-12-,20-19-,28-25-. The first kappa shape index (κ1) is 50.0. The van der Waals surface area contributed by atoms with Gasteiger partial charge in [0.05, 0.1) is 6.61 Å². The zero-order valence-electron chi connectivity index (χ0n) is 33.2. The quantitative estimate of drug-likeness (QED) is 0.0277. The molecule has 0 rings (SSSR count). The summed E-state index contributed by atoms with van der Waals surface area (Å²) >= 11 is 0. The number of allylic oxidation sites excluding steroid dienone is 8. The SMILES string of the molecule is CC/C=C\C/C=C\C/C=C\CCCCCC(=O)OC(COC(=O)CCCCCCCCCCC/C=C\CCCCCCCCCC)COP(=O)(O)O. The number of rotatable bonds is 38. The molecule has 302 valence electrons. The molecule has 1 unspecified atom stereocenters. The van der Waals surface area contributed by atoms with E-state index >= 15 is 0 Å². The third-order valence-electron chi connectivity index (χ3n) is 8.83. The molecule has 0 saturated carbocycles. The Hall–Kier alpha value is -1.99. The fraction of sp³-hybridized carbons (Fsp3) is 0.767. The van der Waals surface area contributed by atoms with Crippen LogP contribution in [-0.4, -0.2) is 41.0 Å². The largest absolute Gasteiger partial charge is 0.469 e. The van der Waals surface area contributed by atoms with E-state index in [2.05, 4.69) is 67.0 Å². The van der Waals surface area contributed by atoms with Gasteiger partial charge in [-0.25, -0.2) is 4.57 Å². The molecule has 0 spiro atoms. The van der Waals surface area contributed by atoms with E-state index in [0.717, 1.165) is 64.2 Å². The van der Waals surface area contributed by atoms with Gasteiger partial charge >= 0.3 is 19.8 Å². The molecule has 52 heavy (non-hydrogen) atoms. The van der Waals surface area contributed by atoms with Gasteiger partial charge in [0.2, 0.25) is 0 Å². The van der Waals surface area contributed by atoms with Crippen LogP contribution in [0.15, 0.2) is 48.6 Å². The van der Waals surface area contributed by atoms with Gasteiger partial charge in [0.25, 0.3) is 0 Å². The topological polar surface area (TPSA) is 119 Å². The maximum atomic E-state index is 12.4. The Labute approximate surface area is 318 Å². The Bertz CT molecular complexity index is 984. The lowest BCUT2D eigenvalue weighted by Gasteiger charge is -2.18. The summed E-state index contributed by atoms with van der Waals surface area (Å²) in [6.07, 6.45) is 47.0. The molecule has 0 bridgehead atoms. The zero-order chi connectivity index (χ0) is 38.2. The predicted molar refractivity (Wildman–Crippen MR) is 216 cm³/mol. The van der Waals surface area contributed by atoms with Gasteiger partial charge in [0, 0.05) is 12.8 Å². The summed E-state index contributed by atoms with van der Waals surface area (Å²) in [6, 6.07) is 0. The molecule has 0 heterocycles. The number of carbonyl (C=O) groups is 2. The van der Waals surface area contributed by atoms with Gasteiger partial charge in [-0.2, -0.15) is 0 Å². The van der Waals surface area contributed by atoms with Crippen LogP contribution in [0.2, 0.25) is 0 Å². The van der Waals surface area contributed by atoms with Gasteiger partial charge in [-0.05, 0) is 70.6 Å². The normalized spacial score (nSPS) is 12.9. The molecule has 1 atom stereocenters. The van der Waals surface area contributed by atoms with Gasteiger partial charge in [-0.1, -0.05) is 159 Å². The molecule has 9 heteroatoms. The molecule has 0 aliphatic carbocycles. The van der Waals surface area contributed by atoms with Crippen molar-refractivity contribution in [1.29, 1.82) is 0 Å². The first-order chi connectivity index (χ1) is 25.3. The summed E-state index contributed by atoms with van der Waals surface area (Å²) in [7, 11) is -4.76. The molecule has 0 saturated heterocycles. The minimum Gasteiger partial charge on any atom is -0.462 e. The van der Waals surface area contributed by atoms with Crippen molar-refractivity contribution in [3.63, 3.8) is 0 Å². The van der Waals surface area contributed by atoms with Crippen LogP contribution in [0.1, 0.15) is 194 Å². The minimum atomic E-state index is -4.76. The third kappa shape index (κ3) is 40.8. The smallest absolute Gasteiger partial charge is 0.462 e. The molecular formula is C43H77O8P. The Morgan fingerprint density at radius 3 is 1.42 bits per heavy atom. The molecule has 0 aliphatic rings. The Balaban J connectivity index is 3.90.